The molecule has 19 heavy (non-hydrogen) atoms. The SMILES string of the molecule is CC(C)(C)[C@H](NC(=O)c1ccc(O)cc1F)C(=O)O. The number of hydrogen-bond acceptors (Lipinski definition) is 3. The zero-order valence-electron chi connectivity index (χ0n) is 10.9. The van der Waals surface area contributed by atoms with Crippen molar-refractivity contribution in [3.63, 3.8) is 0 Å². The molecule has 6 heteroatoms. The van der Waals surface area contributed by atoms with Gasteiger partial charge in [-0.1, -0.05) is 20.8 Å². The van der Waals surface area contributed by atoms with Crippen molar-refractivity contribution in [2.24, 2.45) is 5.41 Å². The quantitative estimate of drug-likeness (QED) is 0.780. The molecular weight excluding hydrogens is 253 g/mol. The molecule has 0 saturated carbocycles. The van der Waals surface area contributed by atoms with Gasteiger partial charge in [0.15, 0.2) is 0 Å². The maximum absolute atomic E-state index is 13.5. The first-order chi connectivity index (χ1) is 8.62. The fraction of sp³-hybridized carbons (Fsp3) is 0.385. The van der Waals surface area contributed by atoms with Gasteiger partial charge in [0, 0.05) is 6.07 Å². The zero-order chi connectivity index (χ0) is 14.8. The third-order valence-electron chi connectivity index (χ3n) is 2.59. The Hall–Kier alpha value is -2.11. The predicted octanol–water partition coefficient (Wildman–Crippen LogP) is 1.76. The van der Waals surface area contributed by atoms with E-state index < -0.39 is 29.2 Å². The highest BCUT2D eigenvalue weighted by atomic mass is 19.1. The summed E-state index contributed by atoms with van der Waals surface area (Å²) >= 11 is 0. The molecule has 0 bridgehead atoms. The minimum absolute atomic E-state index is 0.306. The molecular formula is C13H16FNO4. The molecule has 1 aromatic carbocycles. The summed E-state index contributed by atoms with van der Waals surface area (Å²) in [6, 6.07) is 1.90. The molecule has 0 unspecified atom stereocenters. The molecule has 0 fully saturated rings. The number of carbonyl (C=O) groups excluding carboxylic acids is 1. The Balaban J connectivity index is 2.98. The van der Waals surface area contributed by atoms with E-state index in [1.807, 2.05) is 0 Å². The van der Waals surface area contributed by atoms with E-state index in [0.717, 1.165) is 18.2 Å². The Morgan fingerprint density at radius 2 is 1.89 bits per heavy atom. The zero-order valence-corrected chi connectivity index (χ0v) is 10.9. The van der Waals surface area contributed by atoms with Crippen LogP contribution in [0.15, 0.2) is 18.2 Å². The van der Waals surface area contributed by atoms with Crippen LogP contribution in [0.3, 0.4) is 0 Å². The fourth-order valence-electron chi connectivity index (χ4n) is 1.55. The first kappa shape index (κ1) is 14.9. The second-order valence-electron chi connectivity index (χ2n) is 5.27. The summed E-state index contributed by atoms with van der Waals surface area (Å²) in [7, 11) is 0. The second-order valence-corrected chi connectivity index (χ2v) is 5.27. The van der Waals surface area contributed by atoms with E-state index in [1.54, 1.807) is 20.8 Å². The lowest BCUT2D eigenvalue weighted by atomic mass is 9.86. The van der Waals surface area contributed by atoms with Crippen molar-refractivity contribution < 1.29 is 24.2 Å². The van der Waals surface area contributed by atoms with Crippen LogP contribution < -0.4 is 5.32 Å². The first-order valence-corrected chi connectivity index (χ1v) is 5.65. The van der Waals surface area contributed by atoms with Crippen molar-refractivity contribution >= 4 is 11.9 Å². The van der Waals surface area contributed by atoms with Gasteiger partial charge in [0.25, 0.3) is 5.91 Å². The third-order valence-corrected chi connectivity index (χ3v) is 2.59. The normalized spacial score (nSPS) is 12.8. The molecule has 0 radical (unpaired) electrons. The smallest absolute Gasteiger partial charge is 0.326 e. The number of amides is 1. The summed E-state index contributed by atoms with van der Waals surface area (Å²) in [5.41, 5.74) is -1.03. The van der Waals surface area contributed by atoms with Crippen LogP contribution in [0.25, 0.3) is 0 Å². The number of phenols is 1. The molecule has 1 aromatic rings. The van der Waals surface area contributed by atoms with Gasteiger partial charge in [0.05, 0.1) is 5.56 Å². The van der Waals surface area contributed by atoms with Gasteiger partial charge in [-0.15, -0.1) is 0 Å². The van der Waals surface area contributed by atoms with E-state index in [2.05, 4.69) is 5.32 Å². The van der Waals surface area contributed by atoms with Crippen molar-refractivity contribution in [2.75, 3.05) is 0 Å². The van der Waals surface area contributed by atoms with Gasteiger partial charge >= 0.3 is 5.97 Å². The summed E-state index contributed by atoms with van der Waals surface area (Å²) < 4.78 is 13.5. The van der Waals surface area contributed by atoms with Crippen LogP contribution in [0.4, 0.5) is 4.39 Å². The Morgan fingerprint density at radius 1 is 1.32 bits per heavy atom. The molecule has 0 aromatic heterocycles. The summed E-state index contributed by atoms with van der Waals surface area (Å²) in [4.78, 5) is 22.9. The van der Waals surface area contributed by atoms with Crippen LogP contribution in [-0.4, -0.2) is 28.1 Å². The number of carbonyl (C=O) groups is 2. The molecule has 0 spiro atoms. The predicted molar refractivity (Wildman–Crippen MR) is 66.4 cm³/mol. The topological polar surface area (TPSA) is 86.6 Å². The number of halogens is 1. The number of rotatable bonds is 3. The minimum Gasteiger partial charge on any atom is -0.508 e. The molecule has 0 aliphatic rings. The van der Waals surface area contributed by atoms with Crippen molar-refractivity contribution in [3.8, 4) is 5.75 Å². The van der Waals surface area contributed by atoms with Gasteiger partial charge in [-0.05, 0) is 17.5 Å². The van der Waals surface area contributed by atoms with Gasteiger partial charge in [-0.3, -0.25) is 4.79 Å². The maximum Gasteiger partial charge on any atom is 0.326 e. The Bertz CT molecular complexity index is 508. The average molecular weight is 269 g/mol. The number of carboxylic acid groups (broad SMARTS) is 1. The Morgan fingerprint density at radius 3 is 2.32 bits per heavy atom. The molecule has 0 heterocycles. The van der Waals surface area contributed by atoms with Crippen LogP contribution in [0.1, 0.15) is 31.1 Å². The van der Waals surface area contributed by atoms with Gasteiger partial charge in [-0.2, -0.15) is 0 Å². The molecule has 0 aliphatic heterocycles. The van der Waals surface area contributed by atoms with E-state index in [1.165, 1.54) is 0 Å². The van der Waals surface area contributed by atoms with Gasteiger partial charge in [0.2, 0.25) is 0 Å². The van der Waals surface area contributed by atoms with E-state index in [-0.39, 0.29) is 11.3 Å². The second kappa shape index (κ2) is 5.26. The summed E-state index contributed by atoms with van der Waals surface area (Å²) in [5.74, 6) is -3.24. The minimum atomic E-state index is -1.19. The standard InChI is InChI=1S/C13H16FNO4/c1-13(2,3)10(12(18)19)15-11(17)8-5-4-7(16)6-9(8)14/h4-6,10,16H,1-3H3,(H,15,17)(H,18,19)/t10-/m1/s1. The van der Waals surface area contributed by atoms with Crippen molar-refractivity contribution in [1.82, 2.24) is 5.32 Å². The van der Waals surface area contributed by atoms with Crippen LogP contribution in [0.5, 0.6) is 5.75 Å². The largest absolute Gasteiger partial charge is 0.508 e. The van der Waals surface area contributed by atoms with Crippen molar-refractivity contribution in [1.29, 1.82) is 0 Å². The highest BCUT2D eigenvalue weighted by Crippen LogP contribution is 2.21. The average Bonchev–Trinajstić information content (AvgIpc) is 2.23. The lowest BCUT2D eigenvalue weighted by molar-refractivity contribution is -0.142. The molecule has 0 saturated heterocycles. The monoisotopic (exact) mass is 269 g/mol. The summed E-state index contributed by atoms with van der Waals surface area (Å²) in [6.07, 6.45) is 0. The molecule has 1 rings (SSSR count). The lowest BCUT2D eigenvalue weighted by Gasteiger charge is -2.27. The summed E-state index contributed by atoms with van der Waals surface area (Å²) in [5, 5.41) is 20.4. The van der Waals surface area contributed by atoms with Gasteiger partial charge in [0.1, 0.15) is 17.6 Å². The van der Waals surface area contributed by atoms with Crippen molar-refractivity contribution in [3.05, 3.63) is 29.6 Å². The summed E-state index contributed by atoms with van der Waals surface area (Å²) in [6.45, 7) is 4.96. The highest BCUT2D eigenvalue weighted by Gasteiger charge is 2.33. The molecule has 1 atom stereocenters. The number of benzene rings is 1. The number of hydrogen-bond donors (Lipinski definition) is 3. The van der Waals surface area contributed by atoms with Crippen LogP contribution >= 0.6 is 0 Å². The van der Waals surface area contributed by atoms with Crippen LogP contribution in [-0.2, 0) is 4.79 Å². The van der Waals surface area contributed by atoms with E-state index >= 15 is 0 Å². The van der Waals surface area contributed by atoms with E-state index in [9.17, 15) is 14.0 Å². The number of aliphatic carboxylic acids is 1. The fourth-order valence-corrected chi connectivity index (χ4v) is 1.55. The first-order valence-electron chi connectivity index (χ1n) is 5.65. The van der Waals surface area contributed by atoms with Crippen LogP contribution in [0, 0.1) is 11.2 Å². The highest BCUT2D eigenvalue weighted by molar-refractivity contribution is 5.97. The van der Waals surface area contributed by atoms with E-state index in [4.69, 9.17) is 10.2 Å². The maximum atomic E-state index is 13.5. The van der Waals surface area contributed by atoms with Gasteiger partial charge in [-0.25, -0.2) is 9.18 Å². The third kappa shape index (κ3) is 3.67. The number of aromatic hydroxyl groups is 1. The van der Waals surface area contributed by atoms with E-state index in [0.29, 0.717) is 0 Å². The van der Waals surface area contributed by atoms with Crippen molar-refractivity contribution in [2.45, 2.75) is 26.8 Å². The molecule has 1 amide bonds. The molecule has 3 N–H and O–H groups in total. The molecule has 5 nitrogen and oxygen atoms in total. The molecule has 104 valence electrons. The molecule has 0 aliphatic carbocycles. The number of carboxylic acids is 1. The lowest BCUT2D eigenvalue weighted by Crippen LogP contribution is -2.49. The Kier molecular flexibility index (Phi) is 4.14. The van der Waals surface area contributed by atoms with Gasteiger partial charge < -0.3 is 15.5 Å². The van der Waals surface area contributed by atoms with Crippen LogP contribution in [0.2, 0.25) is 0 Å². The number of phenolic OH excluding ortho intramolecular Hbond substituents is 1. The number of nitrogens with one attached hydrogen (secondary N) is 1. The Labute approximate surface area is 110 Å².